The molecule has 0 saturated heterocycles. The summed E-state index contributed by atoms with van der Waals surface area (Å²) >= 11 is 5.77. The van der Waals surface area contributed by atoms with Crippen LogP contribution in [0.4, 0.5) is 0 Å². The average Bonchev–Trinajstić information content (AvgIpc) is 2.50. The first-order valence-electron chi connectivity index (χ1n) is 4.80. The Morgan fingerprint density at radius 1 is 1.31 bits per heavy atom. The quantitative estimate of drug-likeness (QED) is 0.685. The fraction of sp³-hybridized carbons (Fsp3) is 0.778. The smallest absolute Gasteiger partial charge is 0.101 e. The van der Waals surface area contributed by atoms with Crippen molar-refractivity contribution >= 4 is 11.6 Å². The maximum atomic E-state index is 5.77. The summed E-state index contributed by atoms with van der Waals surface area (Å²) in [5.74, 6) is 0.471. The van der Waals surface area contributed by atoms with Crippen LogP contribution in [0.2, 0.25) is 0 Å². The second kappa shape index (κ2) is 5.22. The molecule has 4 heteroatoms. The van der Waals surface area contributed by atoms with Crippen molar-refractivity contribution in [1.82, 2.24) is 15.0 Å². The molecule has 74 valence electrons. The van der Waals surface area contributed by atoms with E-state index in [0.717, 1.165) is 31.5 Å². The highest BCUT2D eigenvalue weighted by atomic mass is 35.5. The zero-order valence-electron chi connectivity index (χ0n) is 8.26. The highest BCUT2D eigenvalue weighted by Crippen LogP contribution is 2.11. The summed E-state index contributed by atoms with van der Waals surface area (Å²) in [7, 11) is 0. The van der Waals surface area contributed by atoms with Crippen molar-refractivity contribution in [3.05, 3.63) is 11.4 Å². The lowest BCUT2D eigenvalue weighted by Crippen LogP contribution is -2.05. The van der Waals surface area contributed by atoms with E-state index in [1.54, 1.807) is 0 Å². The van der Waals surface area contributed by atoms with Gasteiger partial charge in [-0.2, -0.15) is 0 Å². The average molecular weight is 202 g/mol. The molecule has 1 heterocycles. The molecule has 0 spiro atoms. The Kier molecular flexibility index (Phi) is 4.22. The van der Waals surface area contributed by atoms with Gasteiger partial charge in [0.2, 0.25) is 0 Å². The summed E-state index contributed by atoms with van der Waals surface area (Å²) in [5.41, 5.74) is 2.15. The number of aryl methyl sites for hydroxylation is 1. The van der Waals surface area contributed by atoms with Gasteiger partial charge in [0.05, 0.1) is 11.6 Å². The molecule has 13 heavy (non-hydrogen) atoms. The SMILES string of the molecule is CCCc1c(CCl)nnn1CCC. The van der Waals surface area contributed by atoms with Gasteiger partial charge in [-0.15, -0.1) is 16.7 Å². The lowest BCUT2D eigenvalue weighted by atomic mass is 10.2. The molecule has 1 aromatic rings. The van der Waals surface area contributed by atoms with Gasteiger partial charge >= 0.3 is 0 Å². The first kappa shape index (κ1) is 10.5. The van der Waals surface area contributed by atoms with Gasteiger partial charge in [0.25, 0.3) is 0 Å². The molecule has 0 bridgehead atoms. The van der Waals surface area contributed by atoms with Crippen molar-refractivity contribution in [3.8, 4) is 0 Å². The molecule has 0 amide bonds. The minimum absolute atomic E-state index is 0.471. The summed E-state index contributed by atoms with van der Waals surface area (Å²) in [5, 5.41) is 8.13. The first-order chi connectivity index (χ1) is 6.33. The number of nitrogens with zero attached hydrogens (tertiary/aromatic N) is 3. The Morgan fingerprint density at radius 2 is 2.08 bits per heavy atom. The normalized spacial score (nSPS) is 10.7. The molecule has 0 radical (unpaired) electrons. The summed E-state index contributed by atoms with van der Waals surface area (Å²) in [6.07, 6.45) is 3.22. The van der Waals surface area contributed by atoms with Gasteiger partial charge in [0.15, 0.2) is 0 Å². The number of rotatable bonds is 5. The third kappa shape index (κ3) is 2.44. The van der Waals surface area contributed by atoms with E-state index in [1.807, 2.05) is 4.68 Å². The van der Waals surface area contributed by atoms with E-state index in [4.69, 9.17) is 11.6 Å². The zero-order chi connectivity index (χ0) is 9.68. The molecule has 0 aliphatic rings. The van der Waals surface area contributed by atoms with Crippen LogP contribution in [0, 0.1) is 0 Å². The largest absolute Gasteiger partial charge is 0.249 e. The Labute approximate surface area is 84.1 Å². The predicted octanol–water partition coefficient (Wildman–Crippen LogP) is 2.38. The van der Waals surface area contributed by atoms with Crippen molar-refractivity contribution in [2.45, 2.75) is 45.5 Å². The van der Waals surface area contributed by atoms with Gasteiger partial charge in [-0.05, 0) is 12.8 Å². The Balaban J connectivity index is 2.85. The molecular formula is C9H16ClN3. The number of alkyl halides is 1. The maximum absolute atomic E-state index is 5.77. The van der Waals surface area contributed by atoms with Crippen LogP contribution in [0.1, 0.15) is 38.1 Å². The van der Waals surface area contributed by atoms with Crippen LogP contribution in [0.5, 0.6) is 0 Å². The zero-order valence-corrected chi connectivity index (χ0v) is 9.01. The fourth-order valence-corrected chi connectivity index (χ4v) is 1.58. The third-order valence-electron chi connectivity index (χ3n) is 1.97. The van der Waals surface area contributed by atoms with E-state index in [0.29, 0.717) is 5.88 Å². The lowest BCUT2D eigenvalue weighted by molar-refractivity contribution is 0.552. The van der Waals surface area contributed by atoms with Gasteiger partial charge in [-0.3, -0.25) is 0 Å². The van der Waals surface area contributed by atoms with Crippen LogP contribution in [0.15, 0.2) is 0 Å². The van der Waals surface area contributed by atoms with Crippen LogP contribution in [0.3, 0.4) is 0 Å². The second-order valence-corrected chi connectivity index (χ2v) is 3.36. The van der Waals surface area contributed by atoms with Gasteiger partial charge in [-0.1, -0.05) is 25.5 Å². The minimum Gasteiger partial charge on any atom is -0.249 e. The molecule has 0 aliphatic carbocycles. The van der Waals surface area contributed by atoms with Crippen molar-refractivity contribution in [2.24, 2.45) is 0 Å². The van der Waals surface area contributed by atoms with Crippen molar-refractivity contribution < 1.29 is 0 Å². The summed E-state index contributed by atoms with van der Waals surface area (Å²) in [6, 6.07) is 0. The molecule has 0 aliphatic heterocycles. The highest BCUT2D eigenvalue weighted by molar-refractivity contribution is 6.16. The van der Waals surface area contributed by atoms with Crippen molar-refractivity contribution in [3.63, 3.8) is 0 Å². The standard InChI is InChI=1S/C9H16ClN3/c1-3-5-9-8(7-10)11-12-13(9)6-4-2/h3-7H2,1-2H3. The molecule has 0 aromatic carbocycles. The molecule has 1 aromatic heterocycles. The van der Waals surface area contributed by atoms with Crippen LogP contribution in [-0.2, 0) is 18.8 Å². The molecule has 0 N–H and O–H groups in total. The first-order valence-corrected chi connectivity index (χ1v) is 5.34. The summed E-state index contributed by atoms with van der Waals surface area (Å²) in [4.78, 5) is 0. The van der Waals surface area contributed by atoms with Crippen LogP contribution >= 0.6 is 11.6 Å². The molecule has 1 rings (SSSR count). The second-order valence-electron chi connectivity index (χ2n) is 3.09. The van der Waals surface area contributed by atoms with E-state index < -0.39 is 0 Å². The molecular weight excluding hydrogens is 186 g/mol. The Morgan fingerprint density at radius 3 is 2.62 bits per heavy atom. The summed E-state index contributed by atoms with van der Waals surface area (Å²) in [6.45, 7) is 5.23. The van der Waals surface area contributed by atoms with E-state index in [9.17, 15) is 0 Å². The number of aromatic nitrogens is 3. The molecule has 0 fully saturated rings. The number of hydrogen-bond acceptors (Lipinski definition) is 2. The van der Waals surface area contributed by atoms with E-state index in [-0.39, 0.29) is 0 Å². The van der Waals surface area contributed by atoms with E-state index in [2.05, 4.69) is 24.2 Å². The lowest BCUT2D eigenvalue weighted by Gasteiger charge is -2.03. The van der Waals surface area contributed by atoms with Crippen LogP contribution in [0.25, 0.3) is 0 Å². The fourth-order valence-electron chi connectivity index (χ4n) is 1.37. The van der Waals surface area contributed by atoms with Crippen molar-refractivity contribution in [2.75, 3.05) is 0 Å². The topological polar surface area (TPSA) is 30.7 Å². The molecule has 3 nitrogen and oxygen atoms in total. The van der Waals surface area contributed by atoms with Gasteiger partial charge < -0.3 is 0 Å². The van der Waals surface area contributed by atoms with E-state index in [1.165, 1.54) is 5.69 Å². The van der Waals surface area contributed by atoms with Crippen molar-refractivity contribution in [1.29, 1.82) is 0 Å². The van der Waals surface area contributed by atoms with Gasteiger partial charge in [-0.25, -0.2) is 4.68 Å². The third-order valence-corrected chi connectivity index (χ3v) is 2.22. The number of halogens is 1. The highest BCUT2D eigenvalue weighted by Gasteiger charge is 2.09. The van der Waals surface area contributed by atoms with Crippen LogP contribution < -0.4 is 0 Å². The monoisotopic (exact) mass is 201 g/mol. The molecule has 0 atom stereocenters. The Hall–Kier alpha value is -0.570. The van der Waals surface area contributed by atoms with Gasteiger partial charge in [0, 0.05) is 6.54 Å². The van der Waals surface area contributed by atoms with Crippen LogP contribution in [-0.4, -0.2) is 15.0 Å². The van der Waals surface area contributed by atoms with E-state index >= 15 is 0 Å². The number of hydrogen-bond donors (Lipinski definition) is 0. The molecule has 0 saturated carbocycles. The Bertz CT molecular complexity index is 257. The molecule has 0 unspecified atom stereocenters. The summed E-state index contributed by atoms with van der Waals surface area (Å²) < 4.78 is 1.97. The maximum Gasteiger partial charge on any atom is 0.101 e. The van der Waals surface area contributed by atoms with Gasteiger partial charge in [0.1, 0.15) is 5.69 Å². The minimum atomic E-state index is 0.471. The predicted molar refractivity (Wildman–Crippen MR) is 53.9 cm³/mol.